The Morgan fingerprint density at radius 2 is 1.55 bits per heavy atom. The molecule has 1 saturated heterocycles. The molecule has 1 aliphatic heterocycles. The maximum Gasteiger partial charge on any atom is -0.00158 e. The summed E-state index contributed by atoms with van der Waals surface area (Å²) in [4.78, 5) is 2.63. The highest BCUT2D eigenvalue weighted by Crippen LogP contribution is 2.37. The highest BCUT2D eigenvalue weighted by atomic mass is 15.1. The summed E-state index contributed by atoms with van der Waals surface area (Å²) in [5, 5.41) is 2.55. The Hall–Kier alpha value is -2.64. The summed E-state index contributed by atoms with van der Waals surface area (Å²) in [6, 6.07) is 21.8. The van der Waals surface area contributed by atoms with E-state index >= 15 is 0 Å². The average Bonchev–Trinajstić information content (AvgIpc) is 2.80. The Kier molecular flexibility index (Phi) is 7.04. The van der Waals surface area contributed by atoms with Gasteiger partial charge in [-0.05, 0) is 103 Å². The van der Waals surface area contributed by atoms with Gasteiger partial charge in [0.2, 0.25) is 0 Å². The van der Waals surface area contributed by atoms with Gasteiger partial charge in [-0.2, -0.15) is 0 Å². The third-order valence-corrected chi connectivity index (χ3v) is 6.67. The second-order valence-corrected chi connectivity index (χ2v) is 8.93. The van der Waals surface area contributed by atoms with Crippen molar-refractivity contribution in [1.82, 2.24) is 4.90 Å². The van der Waals surface area contributed by atoms with Crippen LogP contribution in [-0.2, 0) is 0 Å². The van der Waals surface area contributed by atoms with E-state index in [0.29, 0.717) is 0 Å². The first-order valence-corrected chi connectivity index (χ1v) is 11.8. The number of hydrogen-bond donors (Lipinski definition) is 0. The van der Waals surface area contributed by atoms with Crippen LogP contribution >= 0.6 is 0 Å². The molecule has 1 heterocycles. The Bertz CT molecular complexity index is 1060. The van der Waals surface area contributed by atoms with Crippen LogP contribution in [0.15, 0.2) is 73.3 Å². The predicted molar refractivity (Wildman–Crippen MR) is 136 cm³/mol. The number of piperidine rings is 1. The van der Waals surface area contributed by atoms with Gasteiger partial charge in [0, 0.05) is 0 Å². The first-order valence-electron chi connectivity index (χ1n) is 11.8. The van der Waals surface area contributed by atoms with Gasteiger partial charge < -0.3 is 4.90 Å². The molecule has 0 radical (unpaired) electrons. The Labute approximate surface area is 188 Å². The van der Waals surface area contributed by atoms with Crippen molar-refractivity contribution in [2.75, 3.05) is 19.6 Å². The molecule has 31 heavy (non-hydrogen) atoms. The summed E-state index contributed by atoms with van der Waals surface area (Å²) in [7, 11) is 0. The molecule has 3 aromatic carbocycles. The fraction of sp³-hybridized carbons (Fsp3) is 0.333. The molecule has 0 saturated carbocycles. The van der Waals surface area contributed by atoms with Gasteiger partial charge in [-0.15, -0.1) is 0 Å². The van der Waals surface area contributed by atoms with Crippen LogP contribution in [0.2, 0.25) is 0 Å². The average molecular weight is 410 g/mol. The largest absolute Gasteiger partial charge is 0.303 e. The minimum Gasteiger partial charge on any atom is -0.303 e. The maximum absolute atomic E-state index is 4.62. The van der Waals surface area contributed by atoms with Crippen molar-refractivity contribution in [2.24, 2.45) is 0 Å². The molecule has 0 spiro atoms. The van der Waals surface area contributed by atoms with E-state index in [2.05, 4.69) is 92.1 Å². The second-order valence-electron chi connectivity index (χ2n) is 8.93. The van der Waals surface area contributed by atoms with Gasteiger partial charge in [0.15, 0.2) is 0 Å². The first kappa shape index (κ1) is 21.6. The van der Waals surface area contributed by atoms with Gasteiger partial charge in [-0.1, -0.05) is 79.7 Å². The first-order chi connectivity index (χ1) is 15.1. The molecule has 1 nitrogen and oxygen atoms in total. The van der Waals surface area contributed by atoms with Crippen LogP contribution in [0.4, 0.5) is 0 Å². The number of rotatable bonds is 7. The molecule has 4 rings (SSSR count). The minimum atomic E-state index is 1.09. The molecule has 0 amide bonds. The lowest BCUT2D eigenvalue weighted by molar-refractivity contribution is 0.227. The predicted octanol–water partition coefficient (Wildman–Crippen LogP) is 7.82. The second kappa shape index (κ2) is 10.1. The van der Waals surface area contributed by atoms with Gasteiger partial charge >= 0.3 is 0 Å². The molecule has 1 fully saturated rings. The lowest BCUT2D eigenvalue weighted by Crippen LogP contribution is -2.30. The number of nitrogens with zero attached hydrogens (tertiary/aromatic N) is 1. The molecule has 0 N–H and O–H groups in total. The fourth-order valence-corrected chi connectivity index (χ4v) is 4.99. The lowest BCUT2D eigenvalue weighted by atomic mass is 9.86. The number of likely N-dealkylation sites (tertiary alicyclic amines) is 1. The zero-order valence-corrected chi connectivity index (χ0v) is 19.2. The number of allylic oxidation sites excluding steroid dienone is 3. The van der Waals surface area contributed by atoms with Crippen molar-refractivity contribution in [3.63, 3.8) is 0 Å². The monoisotopic (exact) mass is 409 g/mol. The molecule has 0 bridgehead atoms. The number of unbranched alkanes of at least 4 members (excludes halogenated alkanes) is 1. The van der Waals surface area contributed by atoms with Crippen LogP contribution in [0.25, 0.3) is 21.9 Å². The van der Waals surface area contributed by atoms with E-state index in [1.165, 1.54) is 83.9 Å². The van der Waals surface area contributed by atoms with Gasteiger partial charge in [0.05, 0.1) is 0 Å². The molecule has 0 aromatic heterocycles. The SMILES string of the molecule is C=C(/C(=C/CCCN1CCCCC1)c1c(C)cccc1C)c1cccc2ccccc12. The molecule has 3 aromatic rings. The number of benzene rings is 3. The van der Waals surface area contributed by atoms with Crippen molar-refractivity contribution in [2.45, 2.75) is 46.0 Å². The van der Waals surface area contributed by atoms with E-state index in [1.807, 2.05) is 0 Å². The topological polar surface area (TPSA) is 3.24 Å². The fourth-order valence-electron chi connectivity index (χ4n) is 4.99. The van der Waals surface area contributed by atoms with E-state index < -0.39 is 0 Å². The zero-order chi connectivity index (χ0) is 21.6. The van der Waals surface area contributed by atoms with Crippen molar-refractivity contribution < 1.29 is 0 Å². The van der Waals surface area contributed by atoms with Gasteiger partial charge in [-0.3, -0.25) is 0 Å². The van der Waals surface area contributed by atoms with E-state index in [1.54, 1.807) is 0 Å². The molecule has 160 valence electrons. The van der Waals surface area contributed by atoms with E-state index in [0.717, 1.165) is 12.0 Å². The smallest absolute Gasteiger partial charge is 0.00158 e. The highest BCUT2D eigenvalue weighted by molar-refractivity contribution is 6.10. The Morgan fingerprint density at radius 1 is 0.871 bits per heavy atom. The third-order valence-electron chi connectivity index (χ3n) is 6.67. The quantitative estimate of drug-likeness (QED) is 0.284. The number of aryl methyl sites for hydroxylation is 2. The maximum atomic E-state index is 4.62. The molecule has 0 aliphatic carbocycles. The van der Waals surface area contributed by atoms with E-state index in [9.17, 15) is 0 Å². The molecule has 1 heteroatoms. The minimum absolute atomic E-state index is 1.09. The standard InChI is InChI=1S/C30H35N/c1-23-13-11-14-24(2)30(23)28(17-7-10-22-31-20-8-4-9-21-31)25(3)27-19-12-16-26-15-5-6-18-29(26)27/h5-6,11-19H,3-4,7-10,20-22H2,1-2H3/b28-17-. The van der Waals surface area contributed by atoms with Crippen LogP contribution in [0.5, 0.6) is 0 Å². The summed E-state index contributed by atoms with van der Waals surface area (Å²) in [5.41, 5.74) is 7.66. The molecular weight excluding hydrogens is 374 g/mol. The number of hydrogen-bond acceptors (Lipinski definition) is 1. The van der Waals surface area contributed by atoms with Crippen molar-refractivity contribution >= 4 is 21.9 Å². The normalized spacial score (nSPS) is 15.4. The summed E-state index contributed by atoms with van der Waals surface area (Å²) >= 11 is 0. The zero-order valence-electron chi connectivity index (χ0n) is 19.2. The molecule has 0 unspecified atom stereocenters. The summed E-state index contributed by atoms with van der Waals surface area (Å²) < 4.78 is 0. The van der Waals surface area contributed by atoms with Crippen molar-refractivity contribution in [3.8, 4) is 0 Å². The molecule has 0 atom stereocenters. The third kappa shape index (κ3) is 4.99. The highest BCUT2D eigenvalue weighted by Gasteiger charge is 2.15. The van der Waals surface area contributed by atoms with Crippen LogP contribution in [0, 0.1) is 13.8 Å². The van der Waals surface area contributed by atoms with Crippen LogP contribution in [0.1, 0.15) is 54.4 Å². The molecule has 1 aliphatic rings. The lowest BCUT2D eigenvalue weighted by Gasteiger charge is -2.26. The Morgan fingerprint density at radius 3 is 2.32 bits per heavy atom. The van der Waals surface area contributed by atoms with Crippen LogP contribution < -0.4 is 0 Å². The van der Waals surface area contributed by atoms with Crippen LogP contribution in [-0.4, -0.2) is 24.5 Å². The Balaban J connectivity index is 1.65. The van der Waals surface area contributed by atoms with Gasteiger partial charge in [0.25, 0.3) is 0 Å². The van der Waals surface area contributed by atoms with Crippen molar-refractivity contribution in [1.29, 1.82) is 0 Å². The van der Waals surface area contributed by atoms with Gasteiger partial charge in [-0.25, -0.2) is 0 Å². The van der Waals surface area contributed by atoms with Crippen molar-refractivity contribution in [3.05, 3.63) is 95.6 Å². The van der Waals surface area contributed by atoms with E-state index in [4.69, 9.17) is 0 Å². The van der Waals surface area contributed by atoms with Gasteiger partial charge in [0.1, 0.15) is 0 Å². The summed E-state index contributed by atoms with van der Waals surface area (Å²) in [6.45, 7) is 12.8. The summed E-state index contributed by atoms with van der Waals surface area (Å²) in [5.74, 6) is 0. The molecular formula is C30H35N. The number of fused-ring (bicyclic) bond motifs is 1. The summed E-state index contributed by atoms with van der Waals surface area (Å²) in [6.07, 6.45) is 8.87. The van der Waals surface area contributed by atoms with Crippen LogP contribution in [0.3, 0.4) is 0 Å². The van der Waals surface area contributed by atoms with E-state index in [-0.39, 0.29) is 0 Å².